The molecule has 0 bridgehead atoms. The zero-order chi connectivity index (χ0) is 15.2. The predicted octanol–water partition coefficient (Wildman–Crippen LogP) is 2.75. The highest BCUT2D eigenvalue weighted by Gasteiger charge is 2.17. The third-order valence-electron chi connectivity index (χ3n) is 4.46. The van der Waals surface area contributed by atoms with E-state index in [-0.39, 0.29) is 12.5 Å². The van der Waals surface area contributed by atoms with Gasteiger partial charge in [-0.3, -0.25) is 4.79 Å². The molecule has 1 heterocycles. The van der Waals surface area contributed by atoms with Crippen LogP contribution in [0.25, 0.3) is 0 Å². The summed E-state index contributed by atoms with van der Waals surface area (Å²) in [5, 5.41) is 8.71. The summed E-state index contributed by atoms with van der Waals surface area (Å²) in [6.07, 6.45) is 4.32. The highest BCUT2D eigenvalue weighted by atomic mass is 16.4. The number of carbonyl (C=O) groups is 1. The van der Waals surface area contributed by atoms with Gasteiger partial charge in [-0.1, -0.05) is 24.3 Å². The SMILES string of the molecule is CN1CCCC(c2ccc(C(N)CCC(=O)O)cc2)CC1. The van der Waals surface area contributed by atoms with E-state index in [1.807, 2.05) is 0 Å². The van der Waals surface area contributed by atoms with Gasteiger partial charge in [-0.2, -0.15) is 0 Å². The van der Waals surface area contributed by atoms with Gasteiger partial charge in [-0.15, -0.1) is 0 Å². The highest BCUT2D eigenvalue weighted by molar-refractivity contribution is 5.66. The van der Waals surface area contributed by atoms with E-state index in [1.165, 1.54) is 31.4 Å². The molecule has 0 amide bonds. The molecule has 0 spiro atoms. The molecule has 4 nitrogen and oxygen atoms in total. The van der Waals surface area contributed by atoms with Gasteiger partial charge in [-0.05, 0) is 62.9 Å². The molecule has 0 aromatic heterocycles. The van der Waals surface area contributed by atoms with Crippen LogP contribution in [0, 0.1) is 0 Å². The molecular weight excluding hydrogens is 264 g/mol. The summed E-state index contributed by atoms with van der Waals surface area (Å²) in [4.78, 5) is 13.0. The monoisotopic (exact) mass is 290 g/mol. The van der Waals surface area contributed by atoms with Gasteiger partial charge < -0.3 is 15.7 Å². The first-order chi connectivity index (χ1) is 10.1. The first kappa shape index (κ1) is 16.0. The number of hydrogen-bond donors (Lipinski definition) is 2. The molecule has 116 valence electrons. The Hall–Kier alpha value is -1.39. The molecule has 0 radical (unpaired) electrons. The predicted molar refractivity (Wildman–Crippen MR) is 84.3 cm³/mol. The second kappa shape index (κ2) is 7.57. The Morgan fingerprint density at radius 1 is 1.33 bits per heavy atom. The van der Waals surface area contributed by atoms with Crippen molar-refractivity contribution in [3.05, 3.63) is 35.4 Å². The van der Waals surface area contributed by atoms with Crippen molar-refractivity contribution in [1.29, 1.82) is 0 Å². The normalized spacial score (nSPS) is 21.7. The average molecular weight is 290 g/mol. The maximum absolute atomic E-state index is 10.6. The molecule has 3 N–H and O–H groups in total. The summed E-state index contributed by atoms with van der Waals surface area (Å²) in [6.45, 7) is 2.35. The molecule has 2 atom stereocenters. The van der Waals surface area contributed by atoms with Gasteiger partial charge in [0.05, 0.1) is 0 Å². The molecule has 2 rings (SSSR count). The summed E-state index contributed by atoms with van der Waals surface area (Å²) in [5.74, 6) is -0.149. The number of carboxylic acid groups (broad SMARTS) is 1. The van der Waals surface area contributed by atoms with Crippen LogP contribution < -0.4 is 5.73 Å². The quantitative estimate of drug-likeness (QED) is 0.875. The van der Waals surface area contributed by atoms with E-state index in [1.54, 1.807) is 0 Å². The fourth-order valence-electron chi connectivity index (χ4n) is 3.03. The van der Waals surface area contributed by atoms with Crippen LogP contribution in [0.5, 0.6) is 0 Å². The van der Waals surface area contributed by atoms with Crippen LogP contribution in [0.2, 0.25) is 0 Å². The van der Waals surface area contributed by atoms with Crippen molar-refractivity contribution in [2.45, 2.75) is 44.1 Å². The lowest BCUT2D eigenvalue weighted by Crippen LogP contribution is -2.18. The van der Waals surface area contributed by atoms with Gasteiger partial charge >= 0.3 is 5.97 Å². The maximum Gasteiger partial charge on any atom is 0.303 e. The molecule has 1 aliphatic heterocycles. The fraction of sp³-hybridized carbons (Fsp3) is 0.588. The second-order valence-electron chi connectivity index (χ2n) is 6.14. The van der Waals surface area contributed by atoms with Crippen molar-refractivity contribution in [3.63, 3.8) is 0 Å². The average Bonchev–Trinajstić information content (AvgIpc) is 2.69. The van der Waals surface area contributed by atoms with E-state index < -0.39 is 5.97 Å². The van der Waals surface area contributed by atoms with Crippen LogP contribution in [-0.2, 0) is 4.79 Å². The lowest BCUT2D eigenvalue weighted by Gasteiger charge is -2.17. The van der Waals surface area contributed by atoms with Gasteiger partial charge in [0.25, 0.3) is 0 Å². The minimum absolute atomic E-state index is 0.123. The Morgan fingerprint density at radius 2 is 2.05 bits per heavy atom. The van der Waals surface area contributed by atoms with Crippen LogP contribution in [0.3, 0.4) is 0 Å². The Labute approximate surface area is 126 Å². The van der Waals surface area contributed by atoms with E-state index in [4.69, 9.17) is 10.8 Å². The van der Waals surface area contributed by atoms with Crippen LogP contribution in [0.4, 0.5) is 0 Å². The van der Waals surface area contributed by atoms with Crippen molar-refractivity contribution >= 4 is 5.97 Å². The number of likely N-dealkylation sites (tertiary alicyclic amines) is 1. The highest BCUT2D eigenvalue weighted by Crippen LogP contribution is 2.28. The van der Waals surface area contributed by atoms with Crippen molar-refractivity contribution in [1.82, 2.24) is 4.90 Å². The number of aliphatic carboxylic acids is 1. The minimum Gasteiger partial charge on any atom is -0.481 e. The van der Waals surface area contributed by atoms with Crippen molar-refractivity contribution in [3.8, 4) is 0 Å². The second-order valence-corrected chi connectivity index (χ2v) is 6.14. The molecule has 4 heteroatoms. The number of hydrogen-bond acceptors (Lipinski definition) is 3. The molecule has 2 unspecified atom stereocenters. The minimum atomic E-state index is -0.787. The molecule has 0 saturated carbocycles. The molecule has 1 saturated heterocycles. The zero-order valence-electron chi connectivity index (χ0n) is 12.8. The number of nitrogens with two attached hydrogens (primary N) is 1. The van der Waals surface area contributed by atoms with Gasteiger partial charge in [0.2, 0.25) is 0 Å². The fourth-order valence-corrected chi connectivity index (χ4v) is 3.03. The number of nitrogens with zero attached hydrogens (tertiary/aromatic N) is 1. The molecular formula is C17H26N2O2. The molecule has 1 aromatic carbocycles. The van der Waals surface area contributed by atoms with Crippen LogP contribution in [0.15, 0.2) is 24.3 Å². The first-order valence-electron chi connectivity index (χ1n) is 7.82. The lowest BCUT2D eigenvalue weighted by molar-refractivity contribution is -0.137. The first-order valence-corrected chi connectivity index (χ1v) is 7.82. The van der Waals surface area contributed by atoms with Crippen molar-refractivity contribution < 1.29 is 9.90 Å². The number of carboxylic acids is 1. The van der Waals surface area contributed by atoms with Crippen molar-refractivity contribution in [2.24, 2.45) is 5.73 Å². The topological polar surface area (TPSA) is 66.6 Å². The molecule has 21 heavy (non-hydrogen) atoms. The summed E-state index contributed by atoms with van der Waals surface area (Å²) >= 11 is 0. The molecule has 1 aromatic rings. The third kappa shape index (κ3) is 4.83. The van der Waals surface area contributed by atoms with Crippen LogP contribution in [0.1, 0.15) is 55.2 Å². The third-order valence-corrected chi connectivity index (χ3v) is 4.46. The Morgan fingerprint density at radius 3 is 2.71 bits per heavy atom. The largest absolute Gasteiger partial charge is 0.481 e. The Kier molecular flexibility index (Phi) is 5.76. The maximum atomic E-state index is 10.6. The number of rotatable bonds is 5. The van der Waals surface area contributed by atoms with E-state index in [0.29, 0.717) is 12.3 Å². The van der Waals surface area contributed by atoms with Gasteiger partial charge in [0.1, 0.15) is 0 Å². The van der Waals surface area contributed by atoms with Gasteiger partial charge in [-0.25, -0.2) is 0 Å². The van der Waals surface area contributed by atoms with E-state index in [9.17, 15) is 4.79 Å². The molecule has 1 aliphatic rings. The summed E-state index contributed by atoms with van der Waals surface area (Å²) in [7, 11) is 2.19. The Bertz CT molecular complexity index is 458. The summed E-state index contributed by atoms with van der Waals surface area (Å²) in [6, 6.07) is 8.29. The van der Waals surface area contributed by atoms with Gasteiger partial charge in [0.15, 0.2) is 0 Å². The molecule has 1 fully saturated rings. The van der Waals surface area contributed by atoms with Gasteiger partial charge in [0, 0.05) is 12.5 Å². The standard InChI is InChI=1S/C17H26N2O2/c1-19-11-2-3-13(10-12-19)14-4-6-15(7-5-14)16(18)8-9-17(20)21/h4-7,13,16H,2-3,8-12,18H2,1H3,(H,20,21). The van der Waals surface area contributed by atoms with E-state index in [0.717, 1.165) is 12.1 Å². The lowest BCUT2D eigenvalue weighted by atomic mass is 9.90. The van der Waals surface area contributed by atoms with Crippen LogP contribution in [-0.4, -0.2) is 36.1 Å². The van der Waals surface area contributed by atoms with E-state index >= 15 is 0 Å². The molecule has 0 aliphatic carbocycles. The Balaban J connectivity index is 1.96. The van der Waals surface area contributed by atoms with E-state index in [2.05, 4.69) is 36.2 Å². The smallest absolute Gasteiger partial charge is 0.303 e. The van der Waals surface area contributed by atoms with Crippen molar-refractivity contribution in [2.75, 3.05) is 20.1 Å². The number of benzene rings is 1. The summed E-state index contributed by atoms with van der Waals surface area (Å²) in [5.41, 5.74) is 8.47. The zero-order valence-corrected chi connectivity index (χ0v) is 12.8. The summed E-state index contributed by atoms with van der Waals surface area (Å²) < 4.78 is 0. The van der Waals surface area contributed by atoms with Crippen LogP contribution >= 0.6 is 0 Å².